The van der Waals surface area contributed by atoms with Gasteiger partial charge in [-0.15, -0.1) is 0 Å². The molecule has 1 atom stereocenters. The number of amides is 1. The van der Waals surface area contributed by atoms with Crippen LogP contribution in [0.5, 0.6) is 11.5 Å². The van der Waals surface area contributed by atoms with Crippen LogP contribution >= 0.6 is 0 Å². The molecular weight excluding hydrogens is 432 g/mol. The summed E-state index contributed by atoms with van der Waals surface area (Å²) in [7, 11) is 3.21. The summed E-state index contributed by atoms with van der Waals surface area (Å²) in [6.07, 6.45) is -5.45. The molecule has 0 spiro atoms. The molecule has 1 fully saturated rings. The Kier molecular flexibility index (Phi) is 6.97. The molecule has 0 aromatic heterocycles. The maximum atomic E-state index is 14.2. The van der Waals surface area contributed by atoms with Crippen LogP contribution in [0.2, 0.25) is 0 Å². The first kappa shape index (κ1) is 23.5. The average molecular weight is 456 g/mol. The molecule has 1 aliphatic heterocycles. The summed E-state index contributed by atoms with van der Waals surface area (Å²) in [6.45, 7) is 0.781. The number of carbonyl (C=O) groups is 1. The number of likely N-dealkylation sites (N-methyl/N-ethyl adjacent to an activating group) is 1. The first-order valence-corrected chi connectivity index (χ1v) is 9.83. The van der Waals surface area contributed by atoms with Gasteiger partial charge in [0.25, 0.3) is 0 Å². The Morgan fingerprint density at radius 3 is 2.56 bits per heavy atom. The molecule has 0 saturated carbocycles. The monoisotopic (exact) mass is 456 g/mol. The lowest BCUT2D eigenvalue weighted by Gasteiger charge is -2.41. The highest BCUT2D eigenvalue weighted by atomic mass is 19.4. The minimum Gasteiger partial charge on any atom is -0.454 e. The largest absolute Gasteiger partial charge is 0.454 e. The van der Waals surface area contributed by atoms with Crippen LogP contribution in [-0.4, -0.2) is 57.4 Å². The summed E-state index contributed by atoms with van der Waals surface area (Å²) in [4.78, 5) is 14.8. The van der Waals surface area contributed by atoms with Gasteiger partial charge in [-0.1, -0.05) is 12.1 Å². The van der Waals surface area contributed by atoms with Crippen LogP contribution in [0.4, 0.5) is 33.7 Å². The first-order chi connectivity index (χ1) is 15.1. The van der Waals surface area contributed by atoms with E-state index in [4.69, 9.17) is 15.2 Å². The molecule has 1 saturated heterocycles. The van der Waals surface area contributed by atoms with Crippen LogP contribution in [-0.2, 0) is 10.9 Å². The quantitative estimate of drug-likeness (QED) is 0.528. The van der Waals surface area contributed by atoms with Crippen molar-refractivity contribution in [1.29, 1.82) is 0 Å². The molecule has 3 rings (SSSR count). The third-order valence-electron chi connectivity index (χ3n) is 5.22. The van der Waals surface area contributed by atoms with Gasteiger partial charge >= 0.3 is 12.3 Å². The van der Waals surface area contributed by atoms with Gasteiger partial charge in [0.1, 0.15) is 17.9 Å². The second-order valence-corrected chi connectivity index (χ2v) is 7.34. The lowest BCUT2D eigenvalue weighted by molar-refractivity contribution is -0.138. The number of ether oxygens (including phenoxy) is 2. The third-order valence-corrected chi connectivity index (χ3v) is 5.22. The van der Waals surface area contributed by atoms with E-state index in [0.717, 1.165) is 12.1 Å². The van der Waals surface area contributed by atoms with E-state index in [1.807, 2.05) is 4.90 Å². The van der Waals surface area contributed by atoms with E-state index in [1.54, 1.807) is 7.05 Å². The van der Waals surface area contributed by atoms with Crippen LogP contribution in [0.25, 0.3) is 0 Å². The lowest BCUT2D eigenvalue weighted by Crippen LogP contribution is -2.54. The number of hydrogen-bond donors (Lipinski definition) is 2. The minimum absolute atomic E-state index is 0.0145. The summed E-state index contributed by atoms with van der Waals surface area (Å²) < 4.78 is 67.0. The molecule has 1 amide bonds. The molecule has 174 valence electrons. The molecule has 2 aromatic carbocycles. The maximum absolute atomic E-state index is 14.2. The molecule has 2 aromatic rings. The van der Waals surface area contributed by atoms with Crippen molar-refractivity contribution in [3.05, 3.63) is 47.8 Å². The van der Waals surface area contributed by atoms with Crippen molar-refractivity contribution in [3.8, 4) is 11.5 Å². The summed E-state index contributed by atoms with van der Waals surface area (Å²) in [6, 6.07) is 7.23. The van der Waals surface area contributed by atoms with Gasteiger partial charge in [0.05, 0.1) is 17.4 Å². The number of nitrogens with one attached hydrogen (secondary N) is 1. The van der Waals surface area contributed by atoms with E-state index in [1.165, 1.54) is 36.2 Å². The van der Waals surface area contributed by atoms with Gasteiger partial charge in [0.2, 0.25) is 0 Å². The Bertz CT molecular complexity index is 971. The number of alkyl halides is 3. The highest BCUT2D eigenvalue weighted by molar-refractivity contribution is 5.76. The van der Waals surface area contributed by atoms with E-state index in [2.05, 4.69) is 5.32 Å². The Morgan fingerprint density at radius 2 is 1.91 bits per heavy atom. The number of nitrogens with zero attached hydrogens (tertiary/aromatic N) is 2. The molecule has 1 aliphatic rings. The first-order valence-electron chi connectivity index (χ1n) is 9.83. The predicted octanol–water partition coefficient (Wildman–Crippen LogP) is 3.70. The Balaban J connectivity index is 1.98. The van der Waals surface area contributed by atoms with Gasteiger partial charge in [0.15, 0.2) is 11.6 Å². The fourth-order valence-electron chi connectivity index (χ4n) is 3.51. The van der Waals surface area contributed by atoms with E-state index < -0.39 is 29.4 Å². The lowest BCUT2D eigenvalue weighted by atomic mass is 10.1. The summed E-state index contributed by atoms with van der Waals surface area (Å²) in [5, 5.41) is 2.33. The van der Waals surface area contributed by atoms with E-state index >= 15 is 0 Å². The molecule has 7 nitrogen and oxygen atoms in total. The topological polar surface area (TPSA) is 80.1 Å². The van der Waals surface area contributed by atoms with E-state index in [-0.39, 0.29) is 42.9 Å². The summed E-state index contributed by atoms with van der Waals surface area (Å²) in [5.41, 5.74) is 4.56. The average Bonchev–Trinajstić information content (AvgIpc) is 2.74. The van der Waals surface area contributed by atoms with Gasteiger partial charge in [-0.2, -0.15) is 13.2 Å². The highest BCUT2D eigenvalue weighted by Crippen LogP contribution is 2.47. The predicted molar refractivity (Wildman–Crippen MR) is 111 cm³/mol. The number of benzene rings is 2. The third kappa shape index (κ3) is 5.16. The molecule has 32 heavy (non-hydrogen) atoms. The SMILES string of the molecule is CNC(=O)OC[C@H]1CN(c2c(N)ccc(Oc3ccccc3F)c2C(F)(F)F)CCN1C. The number of nitrogen functional groups attached to an aromatic ring is 1. The number of rotatable bonds is 5. The van der Waals surface area contributed by atoms with Gasteiger partial charge in [-0.05, 0) is 31.3 Å². The number of anilines is 2. The molecule has 0 unspecified atom stereocenters. The number of piperazine rings is 1. The van der Waals surface area contributed by atoms with Crippen molar-refractivity contribution >= 4 is 17.5 Å². The second kappa shape index (κ2) is 9.51. The summed E-state index contributed by atoms with van der Waals surface area (Å²) in [5.74, 6) is -1.67. The van der Waals surface area contributed by atoms with E-state index in [0.29, 0.717) is 6.54 Å². The molecule has 3 N–H and O–H groups in total. The van der Waals surface area contributed by atoms with Crippen LogP contribution in [0.1, 0.15) is 5.56 Å². The number of nitrogens with two attached hydrogens (primary N) is 1. The zero-order valence-electron chi connectivity index (χ0n) is 17.6. The van der Waals surface area contributed by atoms with Crippen molar-refractivity contribution in [2.75, 3.05) is 51.0 Å². The number of hydrogen-bond acceptors (Lipinski definition) is 6. The number of alkyl carbamates (subject to hydrolysis) is 1. The number of para-hydroxylation sites is 1. The van der Waals surface area contributed by atoms with Crippen molar-refractivity contribution in [2.45, 2.75) is 12.2 Å². The van der Waals surface area contributed by atoms with Crippen molar-refractivity contribution in [1.82, 2.24) is 10.2 Å². The highest BCUT2D eigenvalue weighted by Gasteiger charge is 2.41. The fourth-order valence-corrected chi connectivity index (χ4v) is 3.51. The van der Waals surface area contributed by atoms with Crippen molar-refractivity contribution in [3.63, 3.8) is 0 Å². The minimum atomic E-state index is -4.82. The van der Waals surface area contributed by atoms with Crippen LogP contribution in [0, 0.1) is 5.82 Å². The van der Waals surface area contributed by atoms with Crippen LogP contribution < -0.4 is 20.7 Å². The fraction of sp³-hybridized carbons (Fsp3) is 0.381. The molecule has 0 aliphatic carbocycles. The van der Waals surface area contributed by atoms with Gasteiger partial charge < -0.3 is 25.4 Å². The molecular formula is C21H24F4N4O3. The van der Waals surface area contributed by atoms with Crippen LogP contribution in [0.15, 0.2) is 36.4 Å². The van der Waals surface area contributed by atoms with Gasteiger partial charge in [-0.3, -0.25) is 4.90 Å². The smallest absolute Gasteiger partial charge is 0.422 e. The zero-order chi connectivity index (χ0) is 23.5. The summed E-state index contributed by atoms with van der Waals surface area (Å²) >= 11 is 0. The maximum Gasteiger partial charge on any atom is 0.422 e. The normalized spacial score (nSPS) is 17.2. The molecule has 0 bridgehead atoms. The number of carbonyl (C=O) groups excluding carboxylic acids is 1. The molecule has 1 heterocycles. The Hall–Kier alpha value is -3.21. The van der Waals surface area contributed by atoms with Crippen LogP contribution in [0.3, 0.4) is 0 Å². The number of halogens is 4. The Labute approximate surface area is 182 Å². The standard InChI is InChI=1S/C21H24F4N4O3/c1-27-20(30)31-12-13-11-29(10-9-28(13)2)19-15(26)7-8-17(18(19)21(23,24)25)32-16-6-4-3-5-14(16)22/h3-8,13H,9-12,26H2,1-2H3,(H,27,30)/t13-/m1/s1. The van der Waals surface area contributed by atoms with Crippen molar-refractivity contribution < 1.29 is 31.8 Å². The van der Waals surface area contributed by atoms with Gasteiger partial charge in [-0.25, -0.2) is 9.18 Å². The van der Waals surface area contributed by atoms with Crippen molar-refractivity contribution in [2.24, 2.45) is 0 Å². The molecule has 0 radical (unpaired) electrons. The zero-order valence-corrected chi connectivity index (χ0v) is 17.6. The molecule has 11 heteroatoms. The second-order valence-electron chi connectivity index (χ2n) is 7.34. The van der Waals surface area contributed by atoms with E-state index in [9.17, 15) is 22.4 Å². The van der Waals surface area contributed by atoms with Gasteiger partial charge in [0, 0.05) is 26.7 Å². The Morgan fingerprint density at radius 1 is 1.19 bits per heavy atom.